The Hall–Kier alpha value is -4.05. The zero-order valence-corrected chi connectivity index (χ0v) is 15.4. The minimum atomic E-state index is -0.561. The molecule has 0 spiro atoms. The number of carbonyl (C=O) groups excluding carboxylic acids is 1. The summed E-state index contributed by atoms with van der Waals surface area (Å²) in [5.41, 5.74) is 2.04. The quantitative estimate of drug-likeness (QED) is 0.601. The number of carbonyl (C=O) groups is 1. The van der Waals surface area contributed by atoms with E-state index < -0.39 is 11.2 Å². The van der Waals surface area contributed by atoms with Crippen molar-refractivity contribution in [3.05, 3.63) is 88.3 Å². The van der Waals surface area contributed by atoms with Gasteiger partial charge in [-0.25, -0.2) is 4.85 Å². The van der Waals surface area contributed by atoms with Crippen molar-refractivity contribution < 1.29 is 19.1 Å². The molecule has 3 rings (SSSR count). The molecule has 0 radical (unpaired) electrons. The van der Waals surface area contributed by atoms with Crippen molar-refractivity contribution in [2.75, 3.05) is 6.61 Å². The maximum Gasteiger partial charge on any atom is 0.226 e. The summed E-state index contributed by atoms with van der Waals surface area (Å²) in [4.78, 5) is 26.5. The van der Waals surface area contributed by atoms with Crippen LogP contribution in [0.5, 0.6) is 11.5 Å². The summed E-state index contributed by atoms with van der Waals surface area (Å²) in [6.45, 7) is 7.23. The van der Waals surface area contributed by atoms with Gasteiger partial charge in [-0.1, -0.05) is 36.4 Å². The minimum Gasteiger partial charge on any atom is -0.502 e. The number of hydrogen-bond acceptors (Lipinski definition) is 5. The SMILES string of the molecule is [C-]#[N+]c1ccc(-c2ccc(OCCC(=O)NCc3cc(=O)c(O)co3)cc2)cc1. The fourth-order valence-corrected chi connectivity index (χ4v) is 2.54. The van der Waals surface area contributed by atoms with Crippen LogP contribution in [0, 0.1) is 6.57 Å². The molecule has 2 N–H and O–H groups in total. The second-order valence-electron chi connectivity index (χ2n) is 6.15. The first kappa shape index (κ1) is 19.7. The standard InChI is InChI=1S/C22H18N2O5/c1-23-17-6-2-15(3-7-17)16-4-8-18(9-5-16)28-11-10-22(27)24-13-19-12-20(25)21(26)14-29-19/h2-9,12,14,26H,10-11,13H2,(H,24,27). The Labute approximate surface area is 167 Å². The van der Waals surface area contributed by atoms with Gasteiger partial charge >= 0.3 is 0 Å². The summed E-state index contributed by atoms with van der Waals surface area (Å²) in [5, 5.41) is 11.7. The zero-order valence-electron chi connectivity index (χ0n) is 15.4. The Morgan fingerprint density at radius 1 is 1.10 bits per heavy atom. The molecule has 0 aliphatic carbocycles. The van der Waals surface area contributed by atoms with E-state index in [-0.39, 0.29) is 31.2 Å². The van der Waals surface area contributed by atoms with Crippen LogP contribution in [0.25, 0.3) is 16.0 Å². The van der Waals surface area contributed by atoms with E-state index >= 15 is 0 Å². The third-order valence-corrected chi connectivity index (χ3v) is 4.11. The molecule has 7 nitrogen and oxygen atoms in total. The highest BCUT2D eigenvalue weighted by Gasteiger charge is 2.06. The lowest BCUT2D eigenvalue weighted by Gasteiger charge is -2.08. The van der Waals surface area contributed by atoms with E-state index in [1.807, 2.05) is 36.4 Å². The van der Waals surface area contributed by atoms with Crippen molar-refractivity contribution in [3.8, 4) is 22.6 Å². The maximum atomic E-state index is 11.9. The Morgan fingerprint density at radius 2 is 1.76 bits per heavy atom. The van der Waals surface area contributed by atoms with Gasteiger partial charge in [0.2, 0.25) is 11.3 Å². The number of benzene rings is 2. The zero-order chi connectivity index (χ0) is 20.6. The van der Waals surface area contributed by atoms with E-state index in [0.717, 1.165) is 23.5 Å². The number of nitrogens with one attached hydrogen (secondary N) is 1. The number of ether oxygens (including phenoxy) is 1. The van der Waals surface area contributed by atoms with E-state index in [9.17, 15) is 9.59 Å². The van der Waals surface area contributed by atoms with E-state index in [1.54, 1.807) is 12.1 Å². The summed E-state index contributed by atoms with van der Waals surface area (Å²) in [6, 6.07) is 15.9. The molecule has 0 aliphatic heterocycles. The minimum absolute atomic E-state index is 0.0509. The first-order valence-electron chi connectivity index (χ1n) is 8.83. The lowest BCUT2D eigenvalue weighted by Crippen LogP contribution is -2.24. The third kappa shape index (κ3) is 5.47. The summed E-state index contributed by atoms with van der Waals surface area (Å²) in [7, 11) is 0. The smallest absolute Gasteiger partial charge is 0.226 e. The van der Waals surface area contributed by atoms with Gasteiger partial charge in [-0.15, -0.1) is 0 Å². The van der Waals surface area contributed by atoms with E-state index in [2.05, 4.69) is 10.2 Å². The molecule has 0 aliphatic rings. The van der Waals surface area contributed by atoms with Crippen molar-refractivity contribution in [2.45, 2.75) is 13.0 Å². The molecule has 0 fully saturated rings. The molecule has 2 aromatic carbocycles. The summed E-state index contributed by atoms with van der Waals surface area (Å²) in [6.07, 6.45) is 1.08. The van der Waals surface area contributed by atoms with Crippen molar-refractivity contribution in [1.82, 2.24) is 5.32 Å². The summed E-state index contributed by atoms with van der Waals surface area (Å²) < 4.78 is 10.6. The van der Waals surface area contributed by atoms with Crippen LogP contribution >= 0.6 is 0 Å². The second kappa shape index (κ2) is 9.24. The molecule has 0 saturated carbocycles. The van der Waals surface area contributed by atoms with E-state index in [1.165, 1.54) is 0 Å². The monoisotopic (exact) mass is 390 g/mol. The fraction of sp³-hybridized carbons (Fsp3) is 0.136. The van der Waals surface area contributed by atoms with Gasteiger partial charge in [-0.3, -0.25) is 9.59 Å². The topological polar surface area (TPSA) is 93.1 Å². The van der Waals surface area contributed by atoms with Crippen LogP contribution in [0.2, 0.25) is 0 Å². The van der Waals surface area contributed by atoms with Crippen molar-refractivity contribution in [3.63, 3.8) is 0 Å². The van der Waals surface area contributed by atoms with Gasteiger partial charge in [0.15, 0.2) is 11.4 Å². The summed E-state index contributed by atoms with van der Waals surface area (Å²) in [5.74, 6) is 0.170. The van der Waals surface area contributed by atoms with Gasteiger partial charge in [0.1, 0.15) is 17.8 Å². The van der Waals surface area contributed by atoms with Gasteiger partial charge in [0.05, 0.1) is 26.1 Å². The van der Waals surface area contributed by atoms with Crippen molar-refractivity contribution in [1.29, 1.82) is 0 Å². The molecule has 3 aromatic rings. The molecule has 146 valence electrons. The van der Waals surface area contributed by atoms with Crippen LogP contribution in [-0.2, 0) is 11.3 Å². The number of aromatic hydroxyl groups is 1. The average Bonchev–Trinajstić information content (AvgIpc) is 2.75. The molecule has 7 heteroatoms. The van der Waals surface area contributed by atoms with Crippen LogP contribution in [0.3, 0.4) is 0 Å². The van der Waals surface area contributed by atoms with Crippen molar-refractivity contribution in [2.24, 2.45) is 0 Å². The molecule has 0 saturated heterocycles. The Bertz CT molecular complexity index is 1080. The molecular formula is C22H18N2O5. The number of amides is 1. The van der Waals surface area contributed by atoms with E-state index in [4.69, 9.17) is 20.8 Å². The third-order valence-electron chi connectivity index (χ3n) is 4.11. The first-order chi connectivity index (χ1) is 14.0. The Kier molecular flexibility index (Phi) is 6.28. The van der Waals surface area contributed by atoms with Crippen LogP contribution in [0.15, 0.2) is 70.1 Å². The normalized spacial score (nSPS) is 10.2. The Morgan fingerprint density at radius 3 is 2.38 bits per heavy atom. The molecule has 29 heavy (non-hydrogen) atoms. The maximum absolute atomic E-state index is 11.9. The van der Waals surface area contributed by atoms with Gasteiger partial charge in [-0.05, 0) is 23.3 Å². The molecule has 1 heterocycles. The number of nitrogens with zero attached hydrogens (tertiary/aromatic N) is 1. The predicted molar refractivity (Wildman–Crippen MR) is 107 cm³/mol. The molecule has 1 aromatic heterocycles. The lowest BCUT2D eigenvalue weighted by atomic mass is 10.1. The molecule has 0 bridgehead atoms. The first-order valence-corrected chi connectivity index (χ1v) is 8.83. The lowest BCUT2D eigenvalue weighted by molar-refractivity contribution is -0.121. The molecule has 1 amide bonds. The molecular weight excluding hydrogens is 372 g/mol. The summed E-state index contributed by atoms with van der Waals surface area (Å²) >= 11 is 0. The highest BCUT2D eigenvalue weighted by Crippen LogP contribution is 2.24. The van der Waals surface area contributed by atoms with Gasteiger partial charge in [0.25, 0.3) is 0 Å². The van der Waals surface area contributed by atoms with Gasteiger partial charge in [-0.2, -0.15) is 0 Å². The fourth-order valence-electron chi connectivity index (χ4n) is 2.54. The highest BCUT2D eigenvalue weighted by atomic mass is 16.5. The number of rotatable bonds is 7. The second-order valence-corrected chi connectivity index (χ2v) is 6.15. The highest BCUT2D eigenvalue weighted by molar-refractivity contribution is 5.75. The average molecular weight is 390 g/mol. The predicted octanol–water partition coefficient (Wildman–Crippen LogP) is 3.65. The van der Waals surface area contributed by atoms with E-state index in [0.29, 0.717) is 11.4 Å². The van der Waals surface area contributed by atoms with Gasteiger partial charge < -0.3 is 19.6 Å². The number of hydrogen-bond donors (Lipinski definition) is 2. The van der Waals surface area contributed by atoms with Crippen LogP contribution in [-0.4, -0.2) is 17.6 Å². The van der Waals surface area contributed by atoms with Crippen LogP contribution in [0.1, 0.15) is 12.2 Å². The van der Waals surface area contributed by atoms with Crippen LogP contribution < -0.4 is 15.5 Å². The van der Waals surface area contributed by atoms with Crippen LogP contribution in [0.4, 0.5) is 5.69 Å². The Balaban J connectivity index is 1.45. The van der Waals surface area contributed by atoms with Crippen molar-refractivity contribution >= 4 is 11.6 Å². The van der Waals surface area contributed by atoms with Gasteiger partial charge in [0, 0.05) is 6.07 Å². The molecule has 0 atom stereocenters. The largest absolute Gasteiger partial charge is 0.502 e. The molecule has 0 unspecified atom stereocenters.